The Hall–Kier alpha value is -1.68. The molecule has 2 rings (SSSR count). The number of carbonyl (C=O) groups excluding carboxylic acids is 2. The number of Topliss-reactive ketones (excluding diaryl/α,β-unsaturated/α-hetero) is 2. The summed E-state index contributed by atoms with van der Waals surface area (Å²) in [7, 11) is 0. The van der Waals surface area contributed by atoms with Gasteiger partial charge in [0.05, 0.1) is 11.5 Å². The molecule has 4 heteroatoms. The number of fused-ring (bicyclic) bond motifs is 1. The molecular weight excluding hydrogens is 232 g/mol. The lowest BCUT2D eigenvalue weighted by Crippen LogP contribution is -2.43. The molecule has 1 aliphatic carbocycles. The van der Waals surface area contributed by atoms with E-state index in [0.29, 0.717) is 16.7 Å². The van der Waals surface area contributed by atoms with Crippen LogP contribution in [0.15, 0.2) is 12.1 Å². The van der Waals surface area contributed by atoms with Gasteiger partial charge < -0.3 is 10.2 Å². The van der Waals surface area contributed by atoms with Crippen molar-refractivity contribution >= 4 is 11.6 Å². The van der Waals surface area contributed by atoms with Gasteiger partial charge in [0.15, 0.2) is 5.78 Å². The lowest BCUT2D eigenvalue weighted by molar-refractivity contribution is -0.124. The number of phenols is 1. The monoisotopic (exact) mass is 248 g/mol. The van der Waals surface area contributed by atoms with Crippen molar-refractivity contribution in [1.29, 1.82) is 0 Å². The highest BCUT2D eigenvalue weighted by molar-refractivity contribution is 6.03. The lowest BCUT2D eigenvalue weighted by atomic mass is 9.70. The molecule has 0 fully saturated rings. The third-order valence-electron chi connectivity index (χ3n) is 3.53. The second-order valence-corrected chi connectivity index (χ2v) is 5.23. The maximum atomic E-state index is 12.0. The summed E-state index contributed by atoms with van der Waals surface area (Å²) >= 11 is 0. The number of aryl methyl sites for hydroxylation is 1. The van der Waals surface area contributed by atoms with Crippen molar-refractivity contribution in [3.8, 4) is 5.75 Å². The molecule has 0 bridgehead atoms. The molecular formula is C14H16O4. The van der Waals surface area contributed by atoms with Crippen LogP contribution < -0.4 is 0 Å². The molecule has 0 amide bonds. The minimum atomic E-state index is -1.36. The molecule has 2 N–H and O–H groups in total. The van der Waals surface area contributed by atoms with Gasteiger partial charge in [-0.1, -0.05) is 6.07 Å². The summed E-state index contributed by atoms with van der Waals surface area (Å²) in [6, 6.07) is 3.00. The third-order valence-corrected chi connectivity index (χ3v) is 3.53. The van der Waals surface area contributed by atoms with E-state index in [9.17, 15) is 19.8 Å². The predicted octanol–water partition coefficient (Wildman–Crippen LogP) is 1.71. The molecule has 2 unspecified atom stereocenters. The summed E-state index contributed by atoms with van der Waals surface area (Å²) in [5, 5.41) is 19.9. The fourth-order valence-electron chi connectivity index (χ4n) is 2.71. The molecule has 0 aliphatic heterocycles. The van der Waals surface area contributed by atoms with Crippen LogP contribution in [0.2, 0.25) is 0 Å². The van der Waals surface area contributed by atoms with Crippen molar-refractivity contribution in [1.82, 2.24) is 0 Å². The van der Waals surface area contributed by atoms with Crippen molar-refractivity contribution in [3.63, 3.8) is 0 Å². The van der Waals surface area contributed by atoms with Crippen LogP contribution in [0.1, 0.15) is 47.7 Å². The number of hydrogen-bond donors (Lipinski definition) is 2. The van der Waals surface area contributed by atoms with Gasteiger partial charge in [-0.15, -0.1) is 0 Å². The molecule has 0 saturated heterocycles. The number of aromatic hydroxyl groups is 1. The topological polar surface area (TPSA) is 74.6 Å². The quantitative estimate of drug-likeness (QED) is 0.793. The van der Waals surface area contributed by atoms with E-state index >= 15 is 0 Å². The van der Waals surface area contributed by atoms with Gasteiger partial charge in [0, 0.05) is 12.0 Å². The van der Waals surface area contributed by atoms with E-state index < -0.39 is 11.5 Å². The number of phenolic OH excluding ortho intramolecular Hbond substituents is 1. The summed E-state index contributed by atoms with van der Waals surface area (Å²) in [6.07, 6.45) is -0.104. The Morgan fingerprint density at radius 3 is 2.61 bits per heavy atom. The molecule has 18 heavy (non-hydrogen) atoms. The second-order valence-electron chi connectivity index (χ2n) is 5.23. The van der Waals surface area contributed by atoms with E-state index in [4.69, 9.17) is 0 Å². The van der Waals surface area contributed by atoms with E-state index in [1.165, 1.54) is 19.9 Å². The van der Waals surface area contributed by atoms with Gasteiger partial charge >= 0.3 is 0 Å². The molecule has 0 spiro atoms. The number of rotatable bonds is 1. The summed E-state index contributed by atoms with van der Waals surface area (Å²) < 4.78 is 0. The second kappa shape index (κ2) is 3.92. The van der Waals surface area contributed by atoms with Crippen LogP contribution in [0, 0.1) is 6.92 Å². The Kier molecular flexibility index (Phi) is 2.78. The van der Waals surface area contributed by atoms with Crippen LogP contribution in [-0.2, 0) is 4.79 Å². The van der Waals surface area contributed by atoms with Gasteiger partial charge in [-0.25, -0.2) is 0 Å². The van der Waals surface area contributed by atoms with E-state index in [1.54, 1.807) is 13.0 Å². The number of aliphatic hydroxyl groups is 1. The zero-order chi connectivity index (χ0) is 13.7. The van der Waals surface area contributed by atoms with Gasteiger partial charge in [-0.05, 0) is 38.0 Å². The molecule has 4 nitrogen and oxygen atoms in total. The molecule has 1 aliphatic rings. The lowest BCUT2D eigenvalue weighted by Gasteiger charge is -2.36. The van der Waals surface area contributed by atoms with E-state index in [-0.39, 0.29) is 23.7 Å². The SMILES string of the molecule is CC(=O)C1c2cc(C)c(O)cc2C(=O)CC1(C)O. The highest BCUT2D eigenvalue weighted by Crippen LogP contribution is 2.41. The van der Waals surface area contributed by atoms with Gasteiger partial charge in [-0.2, -0.15) is 0 Å². The molecule has 1 aromatic rings. The van der Waals surface area contributed by atoms with Crippen LogP contribution in [0.5, 0.6) is 5.75 Å². The molecule has 0 saturated carbocycles. The number of benzene rings is 1. The summed E-state index contributed by atoms with van der Waals surface area (Å²) in [5.74, 6) is -1.11. The van der Waals surface area contributed by atoms with Gasteiger partial charge in [0.2, 0.25) is 0 Å². The molecule has 96 valence electrons. The van der Waals surface area contributed by atoms with E-state index in [1.807, 2.05) is 0 Å². The Bertz CT molecular complexity index is 543. The maximum absolute atomic E-state index is 12.0. The van der Waals surface area contributed by atoms with E-state index in [0.717, 1.165) is 0 Å². The first kappa shape index (κ1) is 12.8. The first-order chi connectivity index (χ1) is 8.24. The molecule has 2 atom stereocenters. The number of ketones is 2. The van der Waals surface area contributed by atoms with Crippen LogP contribution in [0.4, 0.5) is 0 Å². The number of hydrogen-bond acceptors (Lipinski definition) is 4. The minimum Gasteiger partial charge on any atom is -0.508 e. The molecule has 0 heterocycles. The normalized spacial score (nSPS) is 26.9. The Morgan fingerprint density at radius 1 is 1.44 bits per heavy atom. The van der Waals surface area contributed by atoms with Crippen molar-refractivity contribution in [2.75, 3.05) is 0 Å². The number of carbonyl (C=O) groups is 2. The third kappa shape index (κ3) is 1.82. The zero-order valence-corrected chi connectivity index (χ0v) is 10.7. The van der Waals surface area contributed by atoms with Crippen LogP contribution >= 0.6 is 0 Å². The Morgan fingerprint density at radius 2 is 2.06 bits per heavy atom. The smallest absolute Gasteiger partial charge is 0.166 e. The van der Waals surface area contributed by atoms with Crippen LogP contribution in [-0.4, -0.2) is 27.4 Å². The Labute approximate surface area is 105 Å². The van der Waals surface area contributed by atoms with Crippen LogP contribution in [0.3, 0.4) is 0 Å². The average molecular weight is 248 g/mol. The largest absolute Gasteiger partial charge is 0.508 e. The fraction of sp³-hybridized carbons (Fsp3) is 0.429. The van der Waals surface area contributed by atoms with Crippen LogP contribution in [0.25, 0.3) is 0 Å². The summed E-state index contributed by atoms with van der Waals surface area (Å²) in [5.41, 5.74) is 0.0775. The van der Waals surface area contributed by atoms with Gasteiger partial charge in [0.25, 0.3) is 0 Å². The highest BCUT2D eigenvalue weighted by Gasteiger charge is 2.44. The maximum Gasteiger partial charge on any atom is 0.166 e. The van der Waals surface area contributed by atoms with E-state index in [2.05, 4.69) is 0 Å². The molecule has 1 aromatic carbocycles. The first-order valence-corrected chi connectivity index (χ1v) is 5.83. The first-order valence-electron chi connectivity index (χ1n) is 5.83. The highest BCUT2D eigenvalue weighted by atomic mass is 16.3. The molecule has 0 radical (unpaired) electrons. The zero-order valence-electron chi connectivity index (χ0n) is 10.7. The summed E-state index contributed by atoms with van der Waals surface area (Å²) in [6.45, 7) is 4.60. The minimum absolute atomic E-state index is 0.0333. The Balaban J connectivity index is 2.71. The summed E-state index contributed by atoms with van der Waals surface area (Å²) in [4.78, 5) is 23.7. The van der Waals surface area contributed by atoms with Crippen molar-refractivity contribution < 1.29 is 19.8 Å². The van der Waals surface area contributed by atoms with Crippen molar-refractivity contribution in [2.45, 2.75) is 38.7 Å². The van der Waals surface area contributed by atoms with Gasteiger partial charge in [-0.3, -0.25) is 9.59 Å². The predicted molar refractivity (Wildman–Crippen MR) is 65.8 cm³/mol. The standard InChI is InChI=1S/C14H16O4/c1-7-4-10-9(5-11(7)16)12(17)6-14(3,18)13(10)8(2)15/h4-5,13,16,18H,6H2,1-3H3. The van der Waals surface area contributed by atoms with Crippen molar-refractivity contribution in [3.05, 3.63) is 28.8 Å². The average Bonchev–Trinajstić information content (AvgIpc) is 2.19. The van der Waals surface area contributed by atoms with Crippen molar-refractivity contribution in [2.24, 2.45) is 0 Å². The fourth-order valence-corrected chi connectivity index (χ4v) is 2.71. The van der Waals surface area contributed by atoms with Gasteiger partial charge in [0.1, 0.15) is 11.5 Å². The molecule has 0 aromatic heterocycles.